The molecule has 104 valence electrons. The molecule has 0 aromatic carbocycles. The van der Waals surface area contributed by atoms with Crippen molar-refractivity contribution < 1.29 is 22.7 Å². The predicted octanol–water partition coefficient (Wildman–Crippen LogP) is -0.973. The number of rotatable bonds is 2. The van der Waals surface area contributed by atoms with E-state index in [1.165, 1.54) is 4.90 Å². The molecule has 2 N–H and O–H groups in total. The number of amides is 1. The van der Waals surface area contributed by atoms with E-state index < -0.39 is 21.1 Å². The Bertz CT molecular complexity index is 437. The molecular weight excluding hydrogens is 260 g/mol. The number of nitrogens with zero attached hydrogens (tertiary/aromatic N) is 1. The second-order valence-corrected chi connectivity index (χ2v) is 6.98. The summed E-state index contributed by atoms with van der Waals surface area (Å²) in [6, 6.07) is -0.239. The van der Waals surface area contributed by atoms with Gasteiger partial charge in [0.2, 0.25) is 15.9 Å². The summed E-state index contributed by atoms with van der Waals surface area (Å²) < 4.78 is 33.4. The number of likely N-dealkylation sites (tertiary alicyclic amines) is 1. The monoisotopic (exact) mass is 278 g/mol. The number of ether oxygens (including phenoxy) is 2. The van der Waals surface area contributed by atoms with Crippen molar-refractivity contribution >= 4 is 15.9 Å². The molecule has 0 bridgehead atoms. The Morgan fingerprint density at radius 3 is 2.33 bits per heavy atom. The molecule has 2 heterocycles. The normalized spacial score (nSPS) is 29.8. The van der Waals surface area contributed by atoms with Gasteiger partial charge in [-0.3, -0.25) is 4.79 Å². The van der Waals surface area contributed by atoms with E-state index in [0.717, 1.165) is 0 Å². The van der Waals surface area contributed by atoms with Gasteiger partial charge in [-0.2, -0.15) is 0 Å². The van der Waals surface area contributed by atoms with Crippen molar-refractivity contribution in [2.75, 3.05) is 19.8 Å². The van der Waals surface area contributed by atoms with Gasteiger partial charge in [0.1, 0.15) is 5.25 Å². The Kier molecular flexibility index (Phi) is 3.39. The summed E-state index contributed by atoms with van der Waals surface area (Å²) in [7, 11) is -3.67. The average molecular weight is 278 g/mol. The summed E-state index contributed by atoms with van der Waals surface area (Å²) >= 11 is 0. The molecule has 1 amide bonds. The van der Waals surface area contributed by atoms with Crippen molar-refractivity contribution in [3.05, 3.63) is 0 Å². The first-order valence-corrected chi connectivity index (χ1v) is 7.39. The van der Waals surface area contributed by atoms with E-state index in [2.05, 4.69) is 0 Å². The molecule has 2 aliphatic heterocycles. The first kappa shape index (κ1) is 13.7. The minimum absolute atomic E-state index is 0.0568. The summed E-state index contributed by atoms with van der Waals surface area (Å²) in [4.78, 5) is 13.3. The van der Waals surface area contributed by atoms with Crippen LogP contribution in [0.3, 0.4) is 0 Å². The van der Waals surface area contributed by atoms with Gasteiger partial charge >= 0.3 is 0 Å². The topological polar surface area (TPSA) is 98.9 Å². The molecule has 0 spiro atoms. The van der Waals surface area contributed by atoms with Gasteiger partial charge in [-0.1, -0.05) is 0 Å². The highest BCUT2D eigenvalue weighted by Gasteiger charge is 2.42. The minimum atomic E-state index is -3.67. The van der Waals surface area contributed by atoms with Crippen molar-refractivity contribution in [3.8, 4) is 0 Å². The highest BCUT2D eigenvalue weighted by molar-refractivity contribution is 7.89. The maximum absolute atomic E-state index is 11.8. The largest absolute Gasteiger partial charge is 0.348 e. The maximum Gasteiger partial charge on any atom is 0.224 e. The van der Waals surface area contributed by atoms with Gasteiger partial charge in [0.05, 0.1) is 19.3 Å². The van der Waals surface area contributed by atoms with Crippen LogP contribution < -0.4 is 5.14 Å². The third kappa shape index (κ3) is 2.82. The Labute approximate surface area is 106 Å². The standard InChI is InChI=1S/C10H18N2O5S/c1-10(2)16-5-7(6-17-10)12-4-8(3-9(12)13)18(11,14)15/h7-8H,3-6H2,1-2H3,(H2,11,14,15). The fourth-order valence-electron chi connectivity index (χ4n) is 2.13. The molecule has 0 aromatic rings. The van der Waals surface area contributed by atoms with E-state index in [4.69, 9.17) is 14.6 Å². The number of hydrogen-bond donors (Lipinski definition) is 1. The van der Waals surface area contributed by atoms with E-state index in [1.807, 2.05) is 0 Å². The third-order valence-corrected chi connectivity index (χ3v) is 4.52. The predicted molar refractivity (Wildman–Crippen MR) is 63.0 cm³/mol. The Morgan fingerprint density at radius 2 is 1.89 bits per heavy atom. The Morgan fingerprint density at radius 1 is 1.33 bits per heavy atom. The van der Waals surface area contributed by atoms with Gasteiger partial charge in [-0.05, 0) is 13.8 Å². The second-order valence-electron chi connectivity index (χ2n) is 5.14. The van der Waals surface area contributed by atoms with E-state index in [1.54, 1.807) is 13.8 Å². The fraction of sp³-hybridized carbons (Fsp3) is 0.900. The maximum atomic E-state index is 11.8. The lowest BCUT2D eigenvalue weighted by atomic mass is 10.2. The molecule has 0 aliphatic carbocycles. The number of hydrogen-bond acceptors (Lipinski definition) is 5. The van der Waals surface area contributed by atoms with Gasteiger partial charge in [0.15, 0.2) is 5.79 Å². The molecule has 7 nitrogen and oxygen atoms in total. The zero-order valence-corrected chi connectivity index (χ0v) is 11.3. The zero-order chi connectivity index (χ0) is 13.6. The summed E-state index contributed by atoms with van der Waals surface area (Å²) in [5, 5.41) is 4.25. The lowest BCUT2D eigenvalue weighted by molar-refractivity contribution is -0.262. The summed E-state index contributed by atoms with van der Waals surface area (Å²) in [5.41, 5.74) is 0. The number of carbonyl (C=O) groups is 1. The molecule has 2 fully saturated rings. The quantitative estimate of drug-likeness (QED) is 0.700. The fourth-order valence-corrected chi connectivity index (χ4v) is 2.88. The van der Waals surface area contributed by atoms with Crippen molar-refractivity contribution in [2.45, 2.75) is 37.3 Å². The molecule has 0 saturated carbocycles. The van der Waals surface area contributed by atoms with Crippen LogP contribution in [0, 0.1) is 0 Å². The first-order chi connectivity index (χ1) is 8.19. The van der Waals surface area contributed by atoms with E-state index in [9.17, 15) is 13.2 Å². The molecule has 0 aromatic heterocycles. The minimum Gasteiger partial charge on any atom is -0.348 e. The molecular formula is C10H18N2O5S. The number of carbonyl (C=O) groups excluding carboxylic acids is 1. The van der Waals surface area contributed by atoms with Crippen LogP contribution in [0.4, 0.5) is 0 Å². The highest BCUT2D eigenvalue weighted by atomic mass is 32.2. The second kappa shape index (κ2) is 4.44. The number of nitrogens with two attached hydrogens (primary N) is 1. The zero-order valence-electron chi connectivity index (χ0n) is 10.5. The Hall–Kier alpha value is -0.700. The molecule has 1 unspecified atom stereocenters. The third-order valence-electron chi connectivity index (χ3n) is 3.27. The molecule has 1 atom stereocenters. The summed E-state index contributed by atoms with van der Waals surface area (Å²) in [6.07, 6.45) is -0.0568. The van der Waals surface area contributed by atoms with Crippen LogP contribution >= 0.6 is 0 Å². The summed E-state index contributed by atoms with van der Waals surface area (Å²) in [6.45, 7) is 4.39. The van der Waals surface area contributed by atoms with E-state index in [-0.39, 0.29) is 24.9 Å². The van der Waals surface area contributed by atoms with Gasteiger partial charge < -0.3 is 14.4 Å². The van der Waals surface area contributed by atoms with E-state index >= 15 is 0 Å². The van der Waals surface area contributed by atoms with Crippen LogP contribution in [0.1, 0.15) is 20.3 Å². The average Bonchev–Trinajstić information content (AvgIpc) is 2.60. The molecule has 18 heavy (non-hydrogen) atoms. The molecule has 2 aliphatic rings. The Balaban J connectivity index is 2.01. The molecule has 0 radical (unpaired) electrons. The van der Waals surface area contributed by atoms with Crippen LogP contribution in [0.15, 0.2) is 0 Å². The van der Waals surface area contributed by atoms with Crippen LogP contribution in [0.5, 0.6) is 0 Å². The summed E-state index contributed by atoms with van der Waals surface area (Å²) in [5.74, 6) is -0.871. The van der Waals surface area contributed by atoms with Crippen molar-refractivity contribution in [1.29, 1.82) is 0 Å². The van der Waals surface area contributed by atoms with Crippen molar-refractivity contribution in [2.24, 2.45) is 5.14 Å². The van der Waals surface area contributed by atoms with Gasteiger partial charge in [-0.15, -0.1) is 0 Å². The smallest absolute Gasteiger partial charge is 0.224 e. The number of sulfonamides is 1. The van der Waals surface area contributed by atoms with Crippen LogP contribution in [-0.4, -0.2) is 56.1 Å². The lowest BCUT2D eigenvalue weighted by Crippen LogP contribution is -2.51. The van der Waals surface area contributed by atoms with Crippen molar-refractivity contribution in [3.63, 3.8) is 0 Å². The van der Waals surface area contributed by atoms with E-state index in [0.29, 0.717) is 13.2 Å². The first-order valence-electron chi connectivity index (χ1n) is 5.78. The van der Waals surface area contributed by atoms with Crippen LogP contribution in [0.25, 0.3) is 0 Å². The number of primary sulfonamides is 1. The van der Waals surface area contributed by atoms with Gasteiger partial charge in [0, 0.05) is 13.0 Å². The SMILES string of the molecule is CC1(C)OCC(N2CC(S(N)(=O)=O)CC2=O)CO1. The molecule has 2 saturated heterocycles. The van der Waals surface area contributed by atoms with Gasteiger partial charge in [0.25, 0.3) is 0 Å². The van der Waals surface area contributed by atoms with Crippen molar-refractivity contribution in [1.82, 2.24) is 4.90 Å². The van der Waals surface area contributed by atoms with Crippen LogP contribution in [0.2, 0.25) is 0 Å². The lowest BCUT2D eigenvalue weighted by Gasteiger charge is -2.38. The van der Waals surface area contributed by atoms with Crippen LogP contribution in [-0.2, 0) is 24.3 Å². The van der Waals surface area contributed by atoms with Gasteiger partial charge in [-0.25, -0.2) is 13.6 Å². The molecule has 2 rings (SSSR count). The molecule has 8 heteroatoms. The highest BCUT2D eigenvalue weighted by Crippen LogP contribution is 2.24.